The third-order valence-corrected chi connectivity index (χ3v) is 4.40. The fourth-order valence-corrected chi connectivity index (χ4v) is 3.20. The van der Waals surface area contributed by atoms with Gasteiger partial charge in [-0.05, 0) is 40.6 Å². The second-order valence-corrected chi connectivity index (χ2v) is 6.21. The van der Waals surface area contributed by atoms with Gasteiger partial charge in [-0.25, -0.2) is 0 Å². The van der Waals surface area contributed by atoms with E-state index in [4.69, 9.17) is 4.74 Å². The summed E-state index contributed by atoms with van der Waals surface area (Å²) in [4.78, 5) is 11.2. The van der Waals surface area contributed by atoms with E-state index in [0.717, 1.165) is 6.54 Å². The molecule has 0 aliphatic heterocycles. The van der Waals surface area contributed by atoms with Crippen LogP contribution in [-0.2, 0) is 9.53 Å². The number of rotatable bonds is 6. The van der Waals surface area contributed by atoms with Crippen LogP contribution in [0.1, 0.15) is 18.4 Å². The predicted octanol–water partition coefficient (Wildman–Crippen LogP) is 4.37. The quantitative estimate of drug-likeness (QED) is 0.681. The lowest BCUT2D eigenvalue weighted by Crippen LogP contribution is -2.23. The molecule has 3 heteroatoms. The molecule has 0 aliphatic carbocycles. The summed E-state index contributed by atoms with van der Waals surface area (Å²) in [6.07, 6.45) is 0. The minimum absolute atomic E-state index is 0.108. The maximum Gasteiger partial charge on any atom is 0.302 e. The van der Waals surface area contributed by atoms with Crippen molar-refractivity contribution in [3.63, 3.8) is 0 Å². The normalized spacial score (nSPS) is 12.1. The third-order valence-electron chi connectivity index (χ3n) is 4.40. The van der Waals surface area contributed by atoms with Crippen molar-refractivity contribution in [1.29, 1.82) is 0 Å². The third kappa shape index (κ3) is 4.06. The summed E-state index contributed by atoms with van der Waals surface area (Å²) in [5.41, 5.74) is 3.55. The molecule has 3 rings (SSSR count). The maximum absolute atomic E-state index is 11.2. The molecule has 0 heterocycles. The molecule has 0 unspecified atom stereocenters. The van der Waals surface area contributed by atoms with Gasteiger partial charge >= 0.3 is 5.97 Å². The molecule has 0 spiro atoms. The van der Waals surface area contributed by atoms with Gasteiger partial charge in [-0.15, -0.1) is 0 Å². The molecule has 0 radical (unpaired) electrons. The highest BCUT2D eigenvalue weighted by Gasteiger charge is 2.17. The summed E-state index contributed by atoms with van der Waals surface area (Å²) < 4.78 is 5.29. The Labute approximate surface area is 148 Å². The second kappa shape index (κ2) is 7.95. The second-order valence-electron chi connectivity index (χ2n) is 6.21. The Morgan fingerprint density at radius 2 is 1.72 bits per heavy atom. The number of ether oxygens (including phenoxy) is 1. The smallest absolute Gasteiger partial charge is 0.302 e. The Bertz CT molecular complexity index is 873. The van der Waals surface area contributed by atoms with Crippen molar-refractivity contribution in [2.75, 3.05) is 20.2 Å². The molecule has 3 aromatic rings. The van der Waals surface area contributed by atoms with E-state index < -0.39 is 0 Å². The number of hydrogen-bond donors (Lipinski definition) is 1. The minimum atomic E-state index is -0.246. The first kappa shape index (κ1) is 17.2. The van der Waals surface area contributed by atoms with Gasteiger partial charge in [-0.1, -0.05) is 60.7 Å². The minimum Gasteiger partial charge on any atom is -0.465 e. The van der Waals surface area contributed by atoms with Crippen molar-refractivity contribution in [2.24, 2.45) is 0 Å². The first-order valence-electron chi connectivity index (χ1n) is 8.55. The van der Waals surface area contributed by atoms with Crippen LogP contribution in [0.4, 0.5) is 0 Å². The fraction of sp³-hybridized carbons (Fsp3) is 0.227. The van der Waals surface area contributed by atoms with Gasteiger partial charge in [0.1, 0.15) is 0 Å². The van der Waals surface area contributed by atoms with Crippen LogP contribution in [0.2, 0.25) is 0 Å². The lowest BCUT2D eigenvalue weighted by atomic mass is 9.90. The van der Waals surface area contributed by atoms with Gasteiger partial charge in [0.05, 0.1) is 6.61 Å². The zero-order valence-corrected chi connectivity index (χ0v) is 14.7. The summed E-state index contributed by atoms with van der Waals surface area (Å²) >= 11 is 0. The van der Waals surface area contributed by atoms with Crippen LogP contribution in [0.15, 0.2) is 66.7 Å². The highest BCUT2D eigenvalue weighted by Crippen LogP contribution is 2.31. The number of fused-ring (bicyclic) bond motifs is 1. The van der Waals surface area contributed by atoms with Crippen LogP contribution in [0.3, 0.4) is 0 Å². The van der Waals surface area contributed by atoms with E-state index in [1.807, 2.05) is 13.1 Å². The Balaban J connectivity index is 2.01. The lowest BCUT2D eigenvalue weighted by Gasteiger charge is -2.20. The molecule has 0 saturated heterocycles. The number of likely N-dealkylation sites (N-methyl/N-ethyl adjacent to an activating group) is 1. The first-order chi connectivity index (χ1) is 12.2. The number of nitrogens with one attached hydrogen (secondary N) is 1. The Morgan fingerprint density at radius 1 is 1.00 bits per heavy atom. The molecule has 0 saturated carbocycles. The van der Waals surface area contributed by atoms with Gasteiger partial charge < -0.3 is 10.1 Å². The molecular formula is C22H23NO2. The Hall–Kier alpha value is -2.65. The fourth-order valence-electron chi connectivity index (χ4n) is 3.20. The summed E-state index contributed by atoms with van der Waals surface area (Å²) in [6.45, 7) is 2.57. The molecule has 1 N–H and O–H groups in total. The molecule has 0 amide bonds. The maximum atomic E-state index is 11.2. The van der Waals surface area contributed by atoms with E-state index in [0.29, 0.717) is 6.61 Å². The molecule has 0 aromatic heterocycles. The van der Waals surface area contributed by atoms with Gasteiger partial charge in [0.2, 0.25) is 0 Å². The van der Waals surface area contributed by atoms with E-state index in [1.54, 1.807) is 0 Å². The SMILES string of the molecule is CNC[C@H](COC(C)=O)c1ccccc1-c1ccc2ccccc2c1. The highest BCUT2D eigenvalue weighted by atomic mass is 16.5. The van der Waals surface area contributed by atoms with Gasteiger partial charge in [0.15, 0.2) is 0 Å². The molecule has 128 valence electrons. The number of carbonyl (C=O) groups excluding carboxylic acids is 1. The van der Waals surface area contributed by atoms with Crippen LogP contribution in [0, 0.1) is 0 Å². The summed E-state index contributed by atoms with van der Waals surface area (Å²) in [5, 5.41) is 5.66. The topological polar surface area (TPSA) is 38.3 Å². The molecular weight excluding hydrogens is 310 g/mol. The molecule has 3 aromatic carbocycles. The average Bonchev–Trinajstić information content (AvgIpc) is 2.64. The molecule has 25 heavy (non-hydrogen) atoms. The van der Waals surface area contributed by atoms with Crippen LogP contribution < -0.4 is 5.32 Å². The number of carbonyl (C=O) groups is 1. The largest absolute Gasteiger partial charge is 0.465 e. The van der Waals surface area contributed by atoms with Crippen molar-refractivity contribution >= 4 is 16.7 Å². The van der Waals surface area contributed by atoms with Crippen LogP contribution >= 0.6 is 0 Å². The van der Waals surface area contributed by atoms with E-state index in [9.17, 15) is 4.79 Å². The van der Waals surface area contributed by atoms with Gasteiger partial charge in [-0.2, -0.15) is 0 Å². The molecule has 0 fully saturated rings. The standard InChI is InChI=1S/C22H23NO2/c1-16(24)25-15-20(14-23-2)22-10-6-5-9-21(22)19-12-11-17-7-3-4-8-18(17)13-19/h3-13,20,23H,14-15H2,1-2H3/t20-/m1/s1. The summed E-state index contributed by atoms with van der Waals surface area (Å²) in [6, 6.07) is 23.2. The average molecular weight is 333 g/mol. The van der Waals surface area contributed by atoms with E-state index >= 15 is 0 Å². The van der Waals surface area contributed by atoms with Crippen molar-refractivity contribution in [2.45, 2.75) is 12.8 Å². The van der Waals surface area contributed by atoms with E-state index in [1.165, 1.54) is 34.4 Å². The van der Waals surface area contributed by atoms with Crippen LogP contribution in [0.25, 0.3) is 21.9 Å². The monoisotopic (exact) mass is 333 g/mol. The van der Waals surface area contributed by atoms with Gasteiger partial charge in [-0.3, -0.25) is 4.79 Å². The summed E-state index contributed by atoms with van der Waals surface area (Å²) in [7, 11) is 1.92. The van der Waals surface area contributed by atoms with Gasteiger partial charge in [0, 0.05) is 19.4 Å². The molecule has 0 aliphatic rings. The zero-order chi connectivity index (χ0) is 17.6. The zero-order valence-electron chi connectivity index (χ0n) is 14.7. The highest BCUT2D eigenvalue weighted by molar-refractivity contribution is 5.87. The van der Waals surface area contributed by atoms with Crippen molar-refractivity contribution in [1.82, 2.24) is 5.32 Å². The van der Waals surface area contributed by atoms with E-state index in [-0.39, 0.29) is 11.9 Å². The van der Waals surface area contributed by atoms with Crippen molar-refractivity contribution in [3.8, 4) is 11.1 Å². The van der Waals surface area contributed by atoms with Gasteiger partial charge in [0.25, 0.3) is 0 Å². The predicted molar refractivity (Wildman–Crippen MR) is 103 cm³/mol. The number of esters is 1. The van der Waals surface area contributed by atoms with Crippen LogP contribution in [0.5, 0.6) is 0 Å². The molecule has 3 nitrogen and oxygen atoms in total. The van der Waals surface area contributed by atoms with Crippen molar-refractivity contribution < 1.29 is 9.53 Å². The van der Waals surface area contributed by atoms with E-state index in [2.05, 4.69) is 66.0 Å². The van der Waals surface area contributed by atoms with Crippen LogP contribution in [-0.4, -0.2) is 26.2 Å². The molecule has 1 atom stereocenters. The Morgan fingerprint density at radius 3 is 2.48 bits per heavy atom. The van der Waals surface area contributed by atoms with Crippen molar-refractivity contribution in [3.05, 3.63) is 72.3 Å². The molecule has 0 bridgehead atoms. The number of benzene rings is 3. The Kier molecular flexibility index (Phi) is 5.46. The first-order valence-corrected chi connectivity index (χ1v) is 8.55. The number of hydrogen-bond acceptors (Lipinski definition) is 3. The lowest BCUT2D eigenvalue weighted by molar-refractivity contribution is -0.141. The summed E-state index contributed by atoms with van der Waals surface area (Å²) in [5.74, 6) is -0.138.